The number of aliphatic hydroxyl groups excluding tert-OH is 2. The van der Waals surface area contributed by atoms with Crippen molar-refractivity contribution in [3.63, 3.8) is 0 Å². The molecule has 5 nitrogen and oxygen atoms in total. The maximum Gasteiger partial charge on any atom is 0.220 e. The van der Waals surface area contributed by atoms with Crippen LogP contribution in [0.1, 0.15) is 18.1 Å². The minimum absolute atomic E-state index is 0.280. The number of para-hydroxylation sites is 1. The summed E-state index contributed by atoms with van der Waals surface area (Å²) >= 11 is 0. The molecule has 0 fully saturated rings. The van der Waals surface area contributed by atoms with Crippen molar-refractivity contribution in [2.45, 2.75) is 18.6 Å². The van der Waals surface area contributed by atoms with E-state index in [-0.39, 0.29) is 6.42 Å². The average molecular weight is 246 g/mol. The molecule has 5 heteroatoms. The molecule has 1 aromatic heterocycles. The zero-order valence-corrected chi connectivity index (χ0v) is 9.65. The van der Waals surface area contributed by atoms with Crippen molar-refractivity contribution < 1.29 is 15.0 Å². The summed E-state index contributed by atoms with van der Waals surface area (Å²) in [6.45, 7) is 0. The van der Waals surface area contributed by atoms with Gasteiger partial charge in [-0.15, -0.1) is 0 Å². The predicted octanol–water partition coefficient (Wildman–Crippen LogP) is 0.504. The van der Waals surface area contributed by atoms with Crippen LogP contribution in [0.15, 0.2) is 36.5 Å². The molecular formula is C13H14N2O3. The summed E-state index contributed by atoms with van der Waals surface area (Å²) in [4.78, 5) is 14.9. The summed E-state index contributed by atoms with van der Waals surface area (Å²) in [5, 5.41) is 20.5. The van der Waals surface area contributed by atoms with E-state index in [2.05, 4.69) is 4.98 Å². The molecule has 0 bridgehead atoms. The number of benzene rings is 1. The number of hydrogen-bond acceptors (Lipinski definition) is 4. The van der Waals surface area contributed by atoms with Crippen LogP contribution in [-0.2, 0) is 4.79 Å². The van der Waals surface area contributed by atoms with Gasteiger partial charge in [-0.3, -0.25) is 9.78 Å². The SMILES string of the molecule is NC(=O)CC(O)C(O)c1ccnc2ccccc12. The fourth-order valence-corrected chi connectivity index (χ4v) is 1.90. The van der Waals surface area contributed by atoms with Crippen LogP contribution in [0.2, 0.25) is 0 Å². The molecule has 0 spiro atoms. The van der Waals surface area contributed by atoms with Crippen LogP contribution in [-0.4, -0.2) is 27.2 Å². The minimum Gasteiger partial charge on any atom is -0.390 e. The Balaban J connectivity index is 2.38. The first kappa shape index (κ1) is 12.5. The Morgan fingerprint density at radius 2 is 2.00 bits per heavy atom. The Labute approximate surface area is 104 Å². The van der Waals surface area contributed by atoms with Gasteiger partial charge < -0.3 is 15.9 Å². The first-order chi connectivity index (χ1) is 8.59. The average Bonchev–Trinajstić information content (AvgIpc) is 2.36. The molecule has 0 aliphatic rings. The van der Waals surface area contributed by atoms with Gasteiger partial charge in [0.05, 0.1) is 18.0 Å². The molecule has 94 valence electrons. The molecule has 1 aromatic carbocycles. The zero-order chi connectivity index (χ0) is 13.1. The van der Waals surface area contributed by atoms with Crippen molar-refractivity contribution in [2.24, 2.45) is 5.73 Å². The van der Waals surface area contributed by atoms with Gasteiger partial charge in [-0.25, -0.2) is 0 Å². The van der Waals surface area contributed by atoms with Gasteiger partial charge in [-0.1, -0.05) is 18.2 Å². The third-order valence-corrected chi connectivity index (χ3v) is 2.78. The maximum absolute atomic E-state index is 10.7. The predicted molar refractivity (Wildman–Crippen MR) is 66.5 cm³/mol. The number of aromatic nitrogens is 1. The number of amides is 1. The monoisotopic (exact) mass is 246 g/mol. The van der Waals surface area contributed by atoms with Gasteiger partial charge in [-0.05, 0) is 17.7 Å². The highest BCUT2D eigenvalue weighted by Crippen LogP contribution is 2.25. The van der Waals surface area contributed by atoms with E-state index in [4.69, 9.17) is 5.73 Å². The lowest BCUT2D eigenvalue weighted by molar-refractivity contribution is -0.121. The van der Waals surface area contributed by atoms with Crippen LogP contribution in [0.25, 0.3) is 10.9 Å². The van der Waals surface area contributed by atoms with Crippen LogP contribution >= 0.6 is 0 Å². The van der Waals surface area contributed by atoms with Crippen molar-refractivity contribution in [2.75, 3.05) is 0 Å². The molecule has 0 aliphatic carbocycles. The number of carbonyl (C=O) groups is 1. The van der Waals surface area contributed by atoms with Crippen LogP contribution in [0.5, 0.6) is 0 Å². The van der Waals surface area contributed by atoms with Crippen LogP contribution in [0.3, 0.4) is 0 Å². The number of pyridine rings is 1. The smallest absolute Gasteiger partial charge is 0.220 e. The van der Waals surface area contributed by atoms with Crippen molar-refractivity contribution in [3.05, 3.63) is 42.1 Å². The second-order valence-electron chi connectivity index (χ2n) is 4.10. The van der Waals surface area contributed by atoms with Gasteiger partial charge in [0, 0.05) is 11.6 Å². The number of fused-ring (bicyclic) bond motifs is 1. The standard InChI is InChI=1S/C13H14N2O3/c14-12(17)7-11(16)13(18)9-5-6-15-10-4-2-1-3-8(9)10/h1-6,11,13,16,18H,7H2,(H2,14,17). The zero-order valence-electron chi connectivity index (χ0n) is 9.65. The summed E-state index contributed by atoms with van der Waals surface area (Å²) in [5.74, 6) is -0.653. The number of hydrogen-bond donors (Lipinski definition) is 3. The fraction of sp³-hybridized carbons (Fsp3) is 0.231. The number of carbonyl (C=O) groups excluding carboxylic acids is 1. The maximum atomic E-state index is 10.7. The Kier molecular flexibility index (Phi) is 3.55. The molecular weight excluding hydrogens is 232 g/mol. The molecule has 4 N–H and O–H groups in total. The highest BCUT2D eigenvalue weighted by atomic mass is 16.3. The molecule has 1 amide bonds. The van der Waals surface area contributed by atoms with E-state index in [9.17, 15) is 15.0 Å². The molecule has 1 heterocycles. The second kappa shape index (κ2) is 5.12. The van der Waals surface area contributed by atoms with Gasteiger partial charge in [0.2, 0.25) is 5.91 Å². The summed E-state index contributed by atoms with van der Waals surface area (Å²) in [5.41, 5.74) is 6.26. The summed E-state index contributed by atoms with van der Waals surface area (Å²) in [7, 11) is 0. The highest BCUT2D eigenvalue weighted by molar-refractivity contribution is 5.82. The largest absolute Gasteiger partial charge is 0.390 e. The van der Waals surface area contributed by atoms with Crippen LogP contribution in [0.4, 0.5) is 0 Å². The lowest BCUT2D eigenvalue weighted by Gasteiger charge is -2.18. The van der Waals surface area contributed by atoms with Gasteiger partial charge in [0.1, 0.15) is 6.10 Å². The van der Waals surface area contributed by atoms with Crippen molar-refractivity contribution >= 4 is 16.8 Å². The van der Waals surface area contributed by atoms with Crippen LogP contribution in [0, 0.1) is 0 Å². The van der Waals surface area contributed by atoms with E-state index >= 15 is 0 Å². The number of nitrogens with zero attached hydrogens (tertiary/aromatic N) is 1. The Morgan fingerprint density at radius 3 is 2.72 bits per heavy atom. The third kappa shape index (κ3) is 2.47. The number of rotatable bonds is 4. The molecule has 0 saturated carbocycles. The van der Waals surface area contributed by atoms with E-state index < -0.39 is 18.1 Å². The Morgan fingerprint density at radius 1 is 1.28 bits per heavy atom. The molecule has 0 radical (unpaired) electrons. The van der Waals surface area contributed by atoms with Gasteiger partial charge >= 0.3 is 0 Å². The van der Waals surface area contributed by atoms with E-state index in [1.165, 1.54) is 0 Å². The molecule has 2 aromatic rings. The molecule has 2 rings (SSSR count). The normalized spacial score (nSPS) is 14.3. The van der Waals surface area contributed by atoms with Gasteiger partial charge in [0.15, 0.2) is 0 Å². The summed E-state index contributed by atoms with van der Waals surface area (Å²) < 4.78 is 0. The molecule has 0 saturated heterocycles. The van der Waals surface area contributed by atoms with Crippen molar-refractivity contribution in [1.29, 1.82) is 0 Å². The lowest BCUT2D eigenvalue weighted by atomic mass is 9.98. The highest BCUT2D eigenvalue weighted by Gasteiger charge is 2.22. The van der Waals surface area contributed by atoms with Gasteiger partial charge in [-0.2, -0.15) is 0 Å². The second-order valence-corrected chi connectivity index (χ2v) is 4.10. The van der Waals surface area contributed by atoms with E-state index in [1.807, 2.05) is 18.2 Å². The number of primary amides is 1. The first-order valence-electron chi connectivity index (χ1n) is 5.57. The van der Waals surface area contributed by atoms with E-state index in [1.54, 1.807) is 18.3 Å². The topological polar surface area (TPSA) is 96.4 Å². The van der Waals surface area contributed by atoms with Crippen molar-refractivity contribution in [1.82, 2.24) is 4.98 Å². The molecule has 18 heavy (non-hydrogen) atoms. The first-order valence-corrected chi connectivity index (χ1v) is 5.57. The van der Waals surface area contributed by atoms with E-state index in [0.717, 1.165) is 10.9 Å². The van der Waals surface area contributed by atoms with Crippen molar-refractivity contribution in [3.8, 4) is 0 Å². The van der Waals surface area contributed by atoms with Crippen LogP contribution < -0.4 is 5.73 Å². The molecule has 0 aliphatic heterocycles. The minimum atomic E-state index is -1.21. The van der Waals surface area contributed by atoms with E-state index in [0.29, 0.717) is 5.56 Å². The fourth-order valence-electron chi connectivity index (χ4n) is 1.90. The molecule has 2 atom stereocenters. The number of aliphatic hydroxyl groups is 2. The third-order valence-electron chi connectivity index (χ3n) is 2.78. The number of nitrogens with two attached hydrogens (primary N) is 1. The molecule has 2 unspecified atom stereocenters. The summed E-state index contributed by atoms with van der Waals surface area (Å²) in [6.07, 6.45) is -1.10. The quantitative estimate of drug-likeness (QED) is 0.732. The Hall–Kier alpha value is -1.98. The summed E-state index contributed by atoms with van der Waals surface area (Å²) in [6, 6.07) is 8.90. The Bertz CT molecular complexity index is 566. The van der Waals surface area contributed by atoms with Gasteiger partial charge in [0.25, 0.3) is 0 Å². The lowest BCUT2D eigenvalue weighted by Crippen LogP contribution is -2.25.